The molecule has 0 heterocycles. The molecule has 3 atom stereocenters. The lowest BCUT2D eigenvalue weighted by atomic mass is 9.80. The predicted molar refractivity (Wildman–Crippen MR) is 98.9 cm³/mol. The highest BCUT2D eigenvalue weighted by Gasteiger charge is 2.18. The first kappa shape index (κ1) is 21.0. The van der Waals surface area contributed by atoms with Crippen molar-refractivity contribution >= 4 is 0 Å². The maximum atomic E-state index is 2.52. The molecular formula is C21H44. The van der Waals surface area contributed by atoms with E-state index in [-0.39, 0.29) is 0 Å². The molecular weight excluding hydrogens is 252 g/mol. The first-order valence-corrected chi connectivity index (χ1v) is 10.2. The van der Waals surface area contributed by atoms with Crippen LogP contribution in [-0.2, 0) is 0 Å². The Kier molecular flexibility index (Phi) is 14.9. The van der Waals surface area contributed by atoms with Gasteiger partial charge in [-0.3, -0.25) is 0 Å². The average Bonchev–Trinajstić information content (AvgIpc) is 2.49. The molecule has 21 heavy (non-hydrogen) atoms. The van der Waals surface area contributed by atoms with Crippen molar-refractivity contribution in [2.75, 3.05) is 0 Å². The van der Waals surface area contributed by atoms with Gasteiger partial charge in [0.2, 0.25) is 0 Å². The summed E-state index contributed by atoms with van der Waals surface area (Å²) in [5, 5.41) is 0. The monoisotopic (exact) mass is 296 g/mol. The quantitative estimate of drug-likeness (QED) is 0.268. The average molecular weight is 297 g/mol. The van der Waals surface area contributed by atoms with Crippen LogP contribution >= 0.6 is 0 Å². The van der Waals surface area contributed by atoms with Crippen molar-refractivity contribution in [3.05, 3.63) is 0 Å². The second-order valence-corrected chi connectivity index (χ2v) is 7.54. The van der Waals surface area contributed by atoms with E-state index in [1.54, 1.807) is 0 Å². The Morgan fingerprint density at radius 3 is 1.71 bits per heavy atom. The minimum absolute atomic E-state index is 0.919. The van der Waals surface area contributed by atoms with Gasteiger partial charge in [-0.2, -0.15) is 0 Å². The molecule has 0 radical (unpaired) electrons. The van der Waals surface area contributed by atoms with Crippen LogP contribution in [-0.4, -0.2) is 0 Å². The number of hydrogen-bond acceptors (Lipinski definition) is 0. The van der Waals surface area contributed by atoms with Gasteiger partial charge < -0.3 is 0 Å². The fourth-order valence-corrected chi connectivity index (χ4v) is 3.52. The fraction of sp³-hybridized carbons (Fsp3) is 1.00. The molecule has 0 saturated carbocycles. The molecule has 0 heteroatoms. The second kappa shape index (κ2) is 14.9. The molecule has 0 saturated heterocycles. The van der Waals surface area contributed by atoms with E-state index in [1.165, 1.54) is 83.5 Å². The van der Waals surface area contributed by atoms with Crippen LogP contribution in [0.2, 0.25) is 0 Å². The van der Waals surface area contributed by atoms with Crippen molar-refractivity contribution in [1.82, 2.24) is 0 Å². The lowest BCUT2D eigenvalue weighted by molar-refractivity contribution is 0.252. The predicted octanol–water partition coefficient (Wildman–Crippen LogP) is 8.01. The molecule has 128 valence electrons. The SMILES string of the molecule is CCCCCCCCCCC(C)C(CCC)CC(C)CC. The van der Waals surface area contributed by atoms with Gasteiger partial charge in [0.25, 0.3) is 0 Å². The number of hydrogen-bond donors (Lipinski definition) is 0. The third-order valence-electron chi connectivity index (χ3n) is 5.38. The zero-order valence-corrected chi connectivity index (χ0v) is 15.9. The van der Waals surface area contributed by atoms with Crippen LogP contribution in [0.5, 0.6) is 0 Å². The van der Waals surface area contributed by atoms with Crippen LogP contribution in [0.25, 0.3) is 0 Å². The summed E-state index contributed by atoms with van der Waals surface area (Å²) in [7, 11) is 0. The van der Waals surface area contributed by atoms with E-state index in [9.17, 15) is 0 Å². The van der Waals surface area contributed by atoms with E-state index < -0.39 is 0 Å². The van der Waals surface area contributed by atoms with Gasteiger partial charge in [0, 0.05) is 0 Å². The van der Waals surface area contributed by atoms with Crippen LogP contribution in [0.4, 0.5) is 0 Å². The standard InChI is InChI=1S/C21H44/c1-6-9-10-11-12-13-14-15-17-20(5)21(16-7-2)18-19(4)8-3/h19-21H,6-18H2,1-5H3. The van der Waals surface area contributed by atoms with Crippen LogP contribution in [0.3, 0.4) is 0 Å². The topological polar surface area (TPSA) is 0 Å². The largest absolute Gasteiger partial charge is 0.0654 e. The van der Waals surface area contributed by atoms with Crippen molar-refractivity contribution < 1.29 is 0 Å². The fourth-order valence-electron chi connectivity index (χ4n) is 3.52. The minimum atomic E-state index is 0.919. The highest BCUT2D eigenvalue weighted by Crippen LogP contribution is 2.30. The number of rotatable bonds is 15. The summed E-state index contributed by atoms with van der Waals surface area (Å²) in [6.07, 6.45) is 18.7. The highest BCUT2D eigenvalue weighted by atomic mass is 14.2. The molecule has 0 aromatic rings. The first-order chi connectivity index (χ1) is 10.2. The minimum Gasteiger partial charge on any atom is -0.0654 e. The van der Waals surface area contributed by atoms with Gasteiger partial charge in [-0.15, -0.1) is 0 Å². The summed E-state index contributed by atoms with van der Waals surface area (Å²) in [6.45, 7) is 12.0. The van der Waals surface area contributed by atoms with Crippen molar-refractivity contribution in [1.29, 1.82) is 0 Å². The Hall–Kier alpha value is 0. The molecule has 0 bridgehead atoms. The van der Waals surface area contributed by atoms with Crippen LogP contribution in [0.15, 0.2) is 0 Å². The molecule has 0 aliphatic heterocycles. The Bertz CT molecular complexity index is 196. The third-order valence-corrected chi connectivity index (χ3v) is 5.38. The van der Waals surface area contributed by atoms with Gasteiger partial charge in [-0.1, -0.05) is 112 Å². The summed E-state index contributed by atoms with van der Waals surface area (Å²) in [6, 6.07) is 0. The summed E-state index contributed by atoms with van der Waals surface area (Å²) in [5.74, 6) is 2.84. The molecule has 0 aromatic carbocycles. The molecule has 0 rings (SSSR count). The maximum Gasteiger partial charge on any atom is -0.0386 e. The first-order valence-electron chi connectivity index (χ1n) is 10.2. The van der Waals surface area contributed by atoms with Crippen molar-refractivity contribution in [2.24, 2.45) is 17.8 Å². The molecule has 3 unspecified atom stereocenters. The molecule has 0 fully saturated rings. The Balaban J connectivity index is 3.69. The Labute approximate surface area is 136 Å². The van der Waals surface area contributed by atoms with Crippen molar-refractivity contribution in [3.8, 4) is 0 Å². The normalized spacial score (nSPS) is 15.9. The third kappa shape index (κ3) is 12.2. The molecule has 0 spiro atoms. The molecule has 0 amide bonds. The molecule has 0 aromatic heterocycles. The van der Waals surface area contributed by atoms with Crippen LogP contribution in [0.1, 0.15) is 118 Å². The second-order valence-electron chi connectivity index (χ2n) is 7.54. The van der Waals surface area contributed by atoms with Gasteiger partial charge in [-0.05, 0) is 24.2 Å². The summed E-state index contributed by atoms with van der Waals surface area (Å²) >= 11 is 0. The summed E-state index contributed by atoms with van der Waals surface area (Å²) < 4.78 is 0. The van der Waals surface area contributed by atoms with E-state index in [1.807, 2.05) is 0 Å². The van der Waals surface area contributed by atoms with Crippen LogP contribution < -0.4 is 0 Å². The van der Waals surface area contributed by atoms with Gasteiger partial charge in [-0.25, -0.2) is 0 Å². The van der Waals surface area contributed by atoms with Crippen molar-refractivity contribution in [2.45, 2.75) is 118 Å². The summed E-state index contributed by atoms with van der Waals surface area (Å²) in [4.78, 5) is 0. The molecule has 0 aliphatic rings. The Morgan fingerprint density at radius 2 is 1.19 bits per heavy atom. The van der Waals surface area contributed by atoms with E-state index >= 15 is 0 Å². The summed E-state index contributed by atoms with van der Waals surface area (Å²) in [5.41, 5.74) is 0. The van der Waals surface area contributed by atoms with E-state index in [4.69, 9.17) is 0 Å². The smallest absolute Gasteiger partial charge is 0.0386 e. The van der Waals surface area contributed by atoms with E-state index in [0.29, 0.717) is 0 Å². The molecule has 0 aliphatic carbocycles. The van der Waals surface area contributed by atoms with Crippen LogP contribution in [0, 0.1) is 17.8 Å². The van der Waals surface area contributed by atoms with E-state index in [2.05, 4.69) is 34.6 Å². The molecule has 0 N–H and O–H groups in total. The van der Waals surface area contributed by atoms with Gasteiger partial charge in [0.1, 0.15) is 0 Å². The van der Waals surface area contributed by atoms with Gasteiger partial charge >= 0.3 is 0 Å². The van der Waals surface area contributed by atoms with Crippen molar-refractivity contribution in [3.63, 3.8) is 0 Å². The molecule has 0 nitrogen and oxygen atoms in total. The number of unbranched alkanes of at least 4 members (excludes halogenated alkanes) is 7. The van der Waals surface area contributed by atoms with Gasteiger partial charge in [0.05, 0.1) is 0 Å². The van der Waals surface area contributed by atoms with E-state index in [0.717, 1.165) is 17.8 Å². The Morgan fingerprint density at radius 1 is 0.619 bits per heavy atom. The maximum absolute atomic E-state index is 2.52. The zero-order chi connectivity index (χ0) is 15.9. The highest BCUT2D eigenvalue weighted by molar-refractivity contribution is 4.69. The zero-order valence-electron chi connectivity index (χ0n) is 15.9. The lowest BCUT2D eigenvalue weighted by Crippen LogP contribution is -2.15. The van der Waals surface area contributed by atoms with Gasteiger partial charge in [0.15, 0.2) is 0 Å². The lowest BCUT2D eigenvalue weighted by Gasteiger charge is -2.26.